The lowest BCUT2D eigenvalue weighted by Gasteiger charge is -2.16. The molecule has 1 atom stereocenters. The van der Waals surface area contributed by atoms with E-state index in [9.17, 15) is 9.59 Å². The quantitative estimate of drug-likeness (QED) is 0.695. The van der Waals surface area contributed by atoms with Crippen LogP contribution in [0, 0.1) is 5.92 Å². The molecule has 3 rings (SSSR count). The summed E-state index contributed by atoms with van der Waals surface area (Å²) in [5.41, 5.74) is 4.24. The van der Waals surface area contributed by atoms with Gasteiger partial charge in [-0.1, -0.05) is 48.5 Å². The normalized spacial score (nSPS) is 17.7. The molecule has 0 radical (unpaired) electrons. The first-order valence-corrected chi connectivity index (χ1v) is 7.47. The van der Waals surface area contributed by atoms with Crippen LogP contribution in [0.4, 0.5) is 5.69 Å². The zero-order valence-corrected chi connectivity index (χ0v) is 12.6. The average Bonchev–Trinajstić information content (AvgIpc) is 2.98. The number of anilines is 1. The smallest absolute Gasteiger partial charge is 0.245 e. The molecule has 2 aromatic carbocycles. The van der Waals surface area contributed by atoms with Crippen LogP contribution in [-0.4, -0.2) is 24.6 Å². The van der Waals surface area contributed by atoms with Crippen molar-refractivity contribution in [3.05, 3.63) is 66.2 Å². The van der Waals surface area contributed by atoms with Crippen LogP contribution in [0.3, 0.4) is 0 Å². The Labute approximate surface area is 134 Å². The molecule has 5 nitrogen and oxygen atoms in total. The van der Waals surface area contributed by atoms with Gasteiger partial charge in [-0.15, -0.1) is 0 Å². The van der Waals surface area contributed by atoms with Gasteiger partial charge in [0.2, 0.25) is 11.8 Å². The summed E-state index contributed by atoms with van der Waals surface area (Å²) in [6.07, 6.45) is 1.80. The Kier molecular flexibility index (Phi) is 4.47. The number of hydrogen-bond acceptors (Lipinski definition) is 3. The Balaban J connectivity index is 1.59. The molecular weight excluding hydrogens is 290 g/mol. The van der Waals surface area contributed by atoms with Crippen molar-refractivity contribution in [1.82, 2.24) is 5.43 Å². The van der Waals surface area contributed by atoms with Gasteiger partial charge in [0.1, 0.15) is 0 Å². The van der Waals surface area contributed by atoms with E-state index in [4.69, 9.17) is 0 Å². The number of carbonyl (C=O) groups excluding carboxylic acids is 2. The van der Waals surface area contributed by atoms with Gasteiger partial charge in [-0.05, 0) is 17.7 Å². The first kappa shape index (κ1) is 15.0. The third-order valence-corrected chi connectivity index (χ3v) is 3.75. The molecule has 0 aromatic heterocycles. The average molecular weight is 307 g/mol. The van der Waals surface area contributed by atoms with Crippen LogP contribution in [-0.2, 0) is 9.59 Å². The van der Waals surface area contributed by atoms with E-state index in [1.807, 2.05) is 60.7 Å². The van der Waals surface area contributed by atoms with Gasteiger partial charge >= 0.3 is 0 Å². The minimum Gasteiger partial charge on any atom is -0.312 e. The second-order valence-electron chi connectivity index (χ2n) is 5.39. The summed E-state index contributed by atoms with van der Waals surface area (Å²) in [6, 6.07) is 18.9. The van der Waals surface area contributed by atoms with Crippen LogP contribution >= 0.6 is 0 Å². The SMILES string of the molecule is O=C(N/N=C\c1ccccc1)[C@H]1CC(=O)N(c2ccccc2)C1. The maximum Gasteiger partial charge on any atom is 0.245 e. The summed E-state index contributed by atoms with van der Waals surface area (Å²) in [5.74, 6) is -0.650. The molecule has 1 heterocycles. The van der Waals surface area contributed by atoms with Gasteiger partial charge in [0.05, 0.1) is 12.1 Å². The molecule has 1 aliphatic heterocycles. The highest BCUT2D eigenvalue weighted by atomic mass is 16.2. The highest BCUT2D eigenvalue weighted by Gasteiger charge is 2.34. The molecule has 1 aliphatic rings. The summed E-state index contributed by atoms with van der Waals surface area (Å²) in [7, 11) is 0. The van der Waals surface area contributed by atoms with E-state index in [2.05, 4.69) is 10.5 Å². The topological polar surface area (TPSA) is 61.8 Å². The molecule has 116 valence electrons. The lowest BCUT2D eigenvalue weighted by atomic mass is 10.1. The Morgan fingerprint density at radius 1 is 1.09 bits per heavy atom. The highest BCUT2D eigenvalue weighted by Crippen LogP contribution is 2.24. The fourth-order valence-electron chi connectivity index (χ4n) is 2.54. The first-order chi connectivity index (χ1) is 11.2. The van der Waals surface area contributed by atoms with Crippen molar-refractivity contribution in [2.75, 3.05) is 11.4 Å². The minimum atomic E-state index is -0.379. The van der Waals surface area contributed by atoms with Crippen LogP contribution in [0.2, 0.25) is 0 Å². The number of carbonyl (C=O) groups is 2. The summed E-state index contributed by atoms with van der Waals surface area (Å²) in [5, 5.41) is 3.95. The summed E-state index contributed by atoms with van der Waals surface area (Å²) < 4.78 is 0. The van der Waals surface area contributed by atoms with Crippen LogP contribution in [0.5, 0.6) is 0 Å². The van der Waals surface area contributed by atoms with Crippen molar-refractivity contribution in [2.24, 2.45) is 11.0 Å². The molecule has 0 bridgehead atoms. The third kappa shape index (κ3) is 3.63. The molecular formula is C18H17N3O2. The van der Waals surface area contributed by atoms with Crippen LogP contribution in [0.15, 0.2) is 65.8 Å². The van der Waals surface area contributed by atoms with Crippen LogP contribution in [0.25, 0.3) is 0 Å². The van der Waals surface area contributed by atoms with E-state index in [1.165, 1.54) is 0 Å². The second kappa shape index (κ2) is 6.87. The number of para-hydroxylation sites is 1. The lowest BCUT2D eigenvalue weighted by Crippen LogP contribution is -2.30. The summed E-state index contributed by atoms with van der Waals surface area (Å²) >= 11 is 0. The van der Waals surface area contributed by atoms with Crippen LogP contribution in [0.1, 0.15) is 12.0 Å². The number of amides is 2. The monoisotopic (exact) mass is 307 g/mol. The van der Waals surface area contributed by atoms with E-state index in [0.29, 0.717) is 6.54 Å². The number of nitrogens with zero attached hydrogens (tertiary/aromatic N) is 2. The maximum atomic E-state index is 12.2. The first-order valence-electron chi connectivity index (χ1n) is 7.47. The van der Waals surface area contributed by atoms with Gasteiger partial charge in [-0.25, -0.2) is 5.43 Å². The van der Waals surface area contributed by atoms with Crippen molar-refractivity contribution >= 4 is 23.7 Å². The maximum absolute atomic E-state index is 12.2. The molecule has 0 saturated carbocycles. The Bertz CT molecular complexity index is 714. The van der Waals surface area contributed by atoms with E-state index < -0.39 is 0 Å². The molecule has 5 heteroatoms. The summed E-state index contributed by atoms with van der Waals surface area (Å²) in [6.45, 7) is 0.384. The van der Waals surface area contributed by atoms with Crippen molar-refractivity contribution in [3.8, 4) is 0 Å². The standard InChI is InChI=1S/C18H17N3O2/c22-17-11-15(13-21(17)16-9-5-2-6-10-16)18(23)20-19-12-14-7-3-1-4-8-14/h1-10,12,15H,11,13H2,(H,20,23)/b19-12-/t15-/m0/s1. The molecule has 2 amide bonds. The Morgan fingerprint density at radius 3 is 2.43 bits per heavy atom. The molecule has 23 heavy (non-hydrogen) atoms. The van der Waals surface area contributed by atoms with Crippen molar-refractivity contribution in [2.45, 2.75) is 6.42 Å². The number of hydrogen-bond donors (Lipinski definition) is 1. The molecule has 1 fully saturated rings. The molecule has 1 N–H and O–H groups in total. The number of benzene rings is 2. The van der Waals surface area contributed by atoms with Crippen molar-refractivity contribution in [1.29, 1.82) is 0 Å². The van der Waals surface area contributed by atoms with Gasteiger partial charge in [-0.2, -0.15) is 5.10 Å². The number of rotatable bonds is 4. The predicted octanol–water partition coefficient (Wildman–Crippen LogP) is 2.19. The number of hydrazone groups is 1. The highest BCUT2D eigenvalue weighted by molar-refractivity contribution is 6.00. The fourth-order valence-corrected chi connectivity index (χ4v) is 2.54. The lowest BCUT2D eigenvalue weighted by molar-refractivity contribution is -0.126. The van der Waals surface area contributed by atoms with Gasteiger partial charge in [-0.3, -0.25) is 9.59 Å². The Morgan fingerprint density at radius 2 is 1.74 bits per heavy atom. The predicted molar refractivity (Wildman–Crippen MR) is 89.1 cm³/mol. The molecule has 0 spiro atoms. The van der Waals surface area contributed by atoms with E-state index in [-0.39, 0.29) is 24.2 Å². The van der Waals surface area contributed by atoms with Gasteiger partial charge < -0.3 is 4.90 Å². The zero-order chi connectivity index (χ0) is 16.1. The van der Waals surface area contributed by atoms with E-state index in [1.54, 1.807) is 11.1 Å². The van der Waals surface area contributed by atoms with E-state index in [0.717, 1.165) is 11.3 Å². The minimum absolute atomic E-state index is 0.0385. The van der Waals surface area contributed by atoms with Gasteiger partial charge in [0, 0.05) is 18.7 Å². The largest absolute Gasteiger partial charge is 0.312 e. The summed E-state index contributed by atoms with van der Waals surface area (Å²) in [4.78, 5) is 25.9. The molecule has 2 aromatic rings. The molecule has 0 aliphatic carbocycles. The Hall–Kier alpha value is -2.95. The van der Waals surface area contributed by atoms with Gasteiger partial charge in [0.25, 0.3) is 0 Å². The van der Waals surface area contributed by atoms with Crippen LogP contribution < -0.4 is 10.3 Å². The zero-order valence-electron chi connectivity index (χ0n) is 12.6. The van der Waals surface area contributed by atoms with Crippen molar-refractivity contribution < 1.29 is 9.59 Å². The van der Waals surface area contributed by atoms with Gasteiger partial charge in [0.15, 0.2) is 0 Å². The van der Waals surface area contributed by atoms with E-state index >= 15 is 0 Å². The molecule has 0 unspecified atom stereocenters. The second-order valence-corrected chi connectivity index (χ2v) is 5.39. The number of nitrogens with one attached hydrogen (secondary N) is 1. The fraction of sp³-hybridized carbons (Fsp3) is 0.167. The molecule has 1 saturated heterocycles. The third-order valence-electron chi connectivity index (χ3n) is 3.75. The van der Waals surface area contributed by atoms with Crippen molar-refractivity contribution in [3.63, 3.8) is 0 Å².